The van der Waals surface area contributed by atoms with Gasteiger partial charge in [0.1, 0.15) is 17.3 Å². The molecule has 0 N–H and O–H groups in total. The molecule has 3 aromatic rings. The number of halogens is 2. The Morgan fingerprint density at radius 2 is 1.95 bits per heavy atom. The Hall–Kier alpha value is -2.30. The average molecular weight is 259 g/mol. The van der Waals surface area contributed by atoms with Gasteiger partial charge in [-0.25, -0.2) is 13.8 Å². The molecule has 0 fully saturated rings. The van der Waals surface area contributed by atoms with Crippen molar-refractivity contribution in [2.45, 2.75) is 13.8 Å². The maximum absolute atomic E-state index is 13.9. The highest BCUT2D eigenvalue weighted by Crippen LogP contribution is 2.26. The van der Waals surface area contributed by atoms with Crippen molar-refractivity contribution in [3.8, 4) is 11.3 Å². The van der Waals surface area contributed by atoms with Crippen molar-refractivity contribution < 1.29 is 8.78 Å². The van der Waals surface area contributed by atoms with Gasteiger partial charge < -0.3 is 4.40 Å². The van der Waals surface area contributed by atoms with E-state index in [-0.39, 0.29) is 5.56 Å². The number of imidazole rings is 1. The molecular formula is C14H11F2N3. The van der Waals surface area contributed by atoms with Gasteiger partial charge in [0.25, 0.3) is 0 Å². The lowest BCUT2D eigenvalue weighted by molar-refractivity contribution is 0.585. The van der Waals surface area contributed by atoms with Gasteiger partial charge in [-0.2, -0.15) is 0 Å². The molecule has 0 aliphatic carbocycles. The summed E-state index contributed by atoms with van der Waals surface area (Å²) in [5.74, 6) is -1.25. The summed E-state index contributed by atoms with van der Waals surface area (Å²) in [5, 5.41) is 0. The zero-order valence-electron chi connectivity index (χ0n) is 10.5. The minimum atomic E-state index is -0.640. The number of benzene rings is 1. The van der Waals surface area contributed by atoms with E-state index in [0.29, 0.717) is 11.3 Å². The first-order valence-electron chi connectivity index (χ1n) is 5.83. The first kappa shape index (κ1) is 11.8. The summed E-state index contributed by atoms with van der Waals surface area (Å²) in [7, 11) is 0. The summed E-state index contributed by atoms with van der Waals surface area (Å²) >= 11 is 0. The highest BCUT2D eigenvalue weighted by Gasteiger charge is 2.14. The molecular weight excluding hydrogens is 248 g/mol. The number of nitrogens with zero attached hydrogens (tertiary/aromatic N) is 3. The fourth-order valence-electron chi connectivity index (χ4n) is 2.08. The molecule has 0 amide bonds. The largest absolute Gasteiger partial charge is 0.301 e. The van der Waals surface area contributed by atoms with Gasteiger partial charge in [-0.3, -0.25) is 4.98 Å². The highest BCUT2D eigenvalue weighted by atomic mass is 19.1. The molecule has 2 heterocycles. The summed E-state index contributed by atoms with van der Waals surface area (Å²) in [6.45, 7) is 3.81. The third kappa shape index (κ3) is 1.78. The number of aryl methyl sites for hydroxylation is 2. The summed E-state index contributed by atoms with van der Waals surface area (Å²) in [5.41, 5.74) is 3.06. The van der Waals surface area contributed by atoms with Crippen LogP contribution in [0.15, 0.2) is 30.6 Å². The van der Waals surface area contributed by atoms with Crippen molar-refractivity contribution in [1.82, 2.24) is 14.4 Å². The second kappa shape index (κ2) is 4.12. The molecule has 3 rings (SSSR count). The molecule has 0 aliphatic rings. The van der Waals surface area contributed by atoms with Gasteiger partial charge in [0.05, 0.1) is 5.69 Å². The topological polar surface area (TPSA) is 30.2 Å². The molecule has 1 aromatic carbocycles. The highest BCUT2D eigenvalue weighted by molar-refractivity contribution is 5.74. The van der Waals surface area contributed by atoms with E-state index in [1.807, 2.05) is 18.2 Å². The van der Waals surface area contributed by atoms with E-state index in [2.05, 4.69) is 9.97 Å². The van der Waals surface area contributed by atoms with Gasteiger partial charge in [0.2, 0.25) is 0 Å². The van der Waals surface area contributed by atoms with Crippen molar-refractivity contribution in [1.29, 1.82) is 0 Å². The molecule has 0 aliphatic heterocycles. The summed E-state index contributed by atoms with van der Waals surface area (Å²) in [4.78, 5) is 8.57. The van der Waals surface area contributed by atoms with Crippen LogP contribution in [-0.2, 0) is 0 Å². The molecule has 0 atom stereocenters. The molecule has 0 spiro atoms. The lowest BCUT2D eigenvalue weighted by Gasteiger charge is -2.05. The van der Waals surface area contributed by atoms with Gasteiger partial charge in [-0.1, -0.05) is 0 Å². The van der Waals surface area contributed by atoms with E-state index in [4.69, 9.17) is 0 Å². The number of hydrogen-bond acceptors (Lipinski definition) is 2. The van der Waals surface area contributed by atoms with Crippen LogP contribution in [0.25, 0.3) is 16.9 Å². The van der Waals surface area contributed by atoms with Crippen LogP contribution in [0.2, 0.25) is 0 Å². The van der Waals surface area contributed by atoms with E-state index in [1.165, 1.54) is 12.1 Å². The molecule has 2 aromatic heterocycles. The van der Waals surface area contributed by atoms with Gasteiger partial charge >= 0.3 is 0 Å². The van der Waals surface area contributed by atoms with Crippen molar-refractivity contribution in [3.63, 3.8) is 0 Å². The van der Waals surface area contributed by atoms with E-state index >= 15 is 0 Å². The maximum Gasteiger partial charge on any atom is 0.164 e. The van der Waals surface area contributed by atoms with Gasteiger partial charge in [0, 0.05) is 29.7 Å². The molecule has 5 heteroatoms. The second-order valence-electron chi connectivity index (χ2n) is 4.38. The van der Waals surface area contributed by atoms with Crippen molar-refractivity contribution >= 4 is 5.65 Å². The van der Waals surface area contributed by atoms with Crippen LogP contribution < -0.4 is 0 Å². The predicted octanol–water partition coefficient (Wildman–Crippen LogP) is 3.29. The average Bonchev–Trinajstić information content (AvgIpc) is 2.66. The van der Waals surface area contributed by atoms with Crippen LogP contribution in [0.4, 0.5) is 8.78 Å². The standard InChI is InChI=1S/C14H11F2N3/c1-8-9(2)19-6-5-17-13(14(19)18-8)11-4-3-10(15)7-12(11)16/h3-7H,1-2H3. The first-order chi connectivity index (χ1) is 9.08. The molecule has 0 saturated carbocycles. The van der Waals surface area contributed by atoms with Crippen molar-refractivity contribution in [2.75, 3.05) is 0 Å². The van der Waals surface area contributed by atoms with Crippen LogP contribution in [0.1, 0.15) is 11.4 Å². The Morgan fingerprint density at radius 1 is 1.16 bits per heavy atom. The Labute approximate surface area is 108 Å². The lowest BCUT2D eigenvalue weighted by Crippen LogP contribution is -1.95. The zero-order valence-corrected chi connectivity index (χ0v) is 10.5. The Balaban J connectivity index is 2.33. The van der Waals surface area contributed by atoms with Crippen molar-refractivity contribution in [2.24, 2.45) is 0 Å². The number of fused-ring (bicyclic) bond motifs is 1. The van der Waals surface area contributed by atoms with Gasteiger partial charge in [-0.15, -0.1) is 0 Å². The van der Waals surface area contributed by atoms with Crippen LogP contribution >= 0.6 is 0 Å². The SMILES string of the molecule is Cc1nc2c(-c3ccc(F)cc3F)nccn2c1C. The van der Waals surface area contributed by atoms with Crippen LogP contribution in [0.3, 0.4) is 0 Å². The van der Waals surface area contributed by atoms with Gasteiger partial charge in [0.15, 0.2) is 5.65 Å². The normalized spacial score (nSPS) is 11.2. The first-order valence-corrected chi connectivity index (χ1v) is 5.83. The minimum absolute atomic E-state index is 0.247. The number of rotatable bonds is 1. The van der Waals surface area contributed by atoms with Crippen LogP contribution in [0.5, 0.6) is 0 Å². The van der Waals surface area contributed by atoms with Gasteiger partial charge in [-0.05, 0) is 26.0 Å². The lowest BCUT2D eigenvalue weighted by atomic mass is 10.1. The molecule has 0 bridgehead atoms. The third-order valence-electron chi connectivity index (χ3n) is 3.20. The quantitative estimate of drug-likeness (QED) is 0.671. The third-order valence-corrected chi connectivity index (χ3v) is 3.20. The van der Waals surface area contributed by atoms with E-state index in [0.717, 1.165) is 17.5 Å². The Kier molecular flexibility index (Phi) is 2.55. The minimum Gasteiger partial charge on any atom is -0.301 e. The molecule has 3 nitrogen and oxygen atoms in total. The molecule has 0 radical (unpaired) electrons. The zero-order chi connectivity index (χ0) is 13.6. The second-order valence-corrected chi connectivity index (χ2v) is 4.38. The predicted molar refractivity (Wildman–Crippen MR) is 67.8 cm³/mol. The molecule has 0 saturated heterocycles. The molecule has 96 valence electrons. The van der Waals surface area contributed by atoms with E-state index in [9.17, 15) is 8.78 Å². The monoisotopic (exact) mass is 259 g/mol. The number of hydrogen-bond donors (Lipinski definition) is 0. The number of aromatic nitrogens is 3. The van der Waals surface area contributed by atoms with Crippen LogP contribution in [0, 0.1) is 25.5 Å². The van der Waals surface area contributed by atoms with Crippen molar-refractivity contribution in [3.05, 3.63) is 53.6 Å². The summed E-state index contributed by atoms with van der Waals surface area (Å²) in [6, 6.07) is 3.45. The van der Waals surface area contributed by atoms with Crippen LogP contribution in [-0.4, -0.2) is 14.4 Å². The maximum atomic E-state index is 13.9. The van der Waals surface area contributed by atoms with E-state index in [1.54, 1.807) is 12.4 Å². The summed E-state index contributed by atoms with van der Waals surface area (Å²) < 4.78 is 28.7. The molecule has 19 heavy (non-hydrogen) atoms. The Bertz CT molecular complexity index is 778. The smallest absolute Gasteiger partial charge is 0.164 e. The fraction of sp³-hybridized carbons (Fsp3) is 0.143. The fourth-order valence-corrected chi connectivity index (χ4v) is 2.08. The van der Waals surface area contributed by atoms with E-state index < -0.39 is 11.6 Å². The molecule has 0 unspecified atom stereocenters. The Morgan fingerprint density at radius 3 is 2.68 bits per heavy atom. The summed E-state index contributed by atoms with van der Waals surface area (Å²) in [6.07, 6.45) is 3.36.